The second-order valence-corrected chi connectivity index (χ2v) is 5.89. The molecule has 104 valence electrons. The quantitative estimate of drug-likeness (QED) is 0.857. The highest BCUT2D eigenvalue weighted by Gasteiger charge is 2.39. The number of hydrogen-bond acceptors (Lipinski definition) is 4. The van der Waals surface area contributed by atoms with E-state index < -0.39 is 0 Å². The van der Waals surface area contributed by atoms with Crippen molar-refractivity contribution in [2.24, 2.45) is 11.8 Å². The highest BCUT2D eigenvalue weighted by Crippen LogP contribution is 2.42. The lowest BCUT2D eigenvalue weighted by atomic mass is 9.77. The van der Waals surface area contributed by atoms with Crippen molar-refractivity contribution >= 4 is 5.69 Å². The Morgan fingerprint density at radius 3 is 2.65 bits per heavy atom. The van der Waals surface area contributed by atoms with Crippen molar-refractivity contribution in [1.82, 2.24) is 20.0 Å². The minimum Gasteiger partial charge on any atom is -0.370 e. The summed E-state index contributed by atoms with van der Waals surface area (Å²) in [7, 11) is 0. The lowest BCUT2D eigenvalue weighted by Gasteiger charge is -2.27. The Bertz CT molecular complexity index is 608. The summed E-state index contributed by atoms with van der Waals surface area (Å²) >= 11 is 0. The molecule has 0 N–H and O–H groups in total. The van der Waals surface area contributed by atoms with Gasteiger partial charge < -0.3 is 4.90 Å². The van der Waals surface area contributed by atoms with Gasteiger partial charge in [0.25, 0.3) is 0 Å². The van der Waals surface area contributed by atoms with E-state index in [4.69, 9.17) is 0 Å². The minimum atomic E-state index is 0.843. The lowest BCUT2D eigenvalue weighted by Crippen LogP contribution is -2.22. The van der Waals surface area contributed by atoms with Crippen LogP contribution in [-0.4, -0.2) is 33.1 Å². The van der Waals surface area contributed by atoms with Gasteiger partial charge in [-0.15, -0.1) is 5.10 Å². The molecule has 3 heterocycles. The molecule has 2 aliphatic rings. The van der Waals surface area contributed by atoms with Crippen LogP contribution in [0, 0.1) is 11.8 Å². The predicted octanol–water partition coefficient (Wildman–Crippen LogP) is 2.21. The molecule has 0 amide bonds. The van der Waals surface area contributed by atoms with Crippen LogP contribution in [0.5, 0.6) is 0 Å². The van der Waals surface area contributed by atoms with Gasteiger partial charge in [-0.05, 0) is 37.7 Å². The van der Waals surface area contributed by atoms with E-state index in [1.165, 1.54) is 31.6 Å². The Morgan fingerprint density at radius 2 is 2.00 bits per heavy atom. The molecule has 0 bridgehead atoms. The van der Waals surface area contributed by atoms with Gasteiger partial charge in [-0.1, -0.05) is 5.21 Å². The summed E-state index contributed by atoms with van der Waals surface area (Å²) in [5, 5.41) is 8.32. The van der Waals surface area contributed by atoms with E-state index in [1.54, 1.807) is 0 Å². The molecular formula is C15H19N5. The molecule has 2 fully saturated rings. The Labute approximate surface area is 118 Å². The first kappa shape index (κ1) is 11.9. The molecule has 2 aromatic rings. The fourth-order valence-electron chi connectivity index (χ4n) is 3.30. The fourth-order valence-corrected chi connectivity index (χ4v) is 3.30. The zero-order chi connectivity index (χ0) is 13.5. The predicted molar refractivity (Wildman–Crippen MR) is 77.4 cm³/mol. The number of fused-ring (bicyclic) bond motifs is 1. The summed E-state index contributed by atoms with van der Waals surface area (Å²) in [6.45, 7) is 5.29. The number of rotatable bonds is 3. The molecule has 20 heavy (non-hydrogen) atoms. The van der Waals surface area contributed by atoms with E-state index >= 15 is 0 Å². The molecule has 2 atom stereocenters. The topological polar surface area (TPSA) is 46.8 Å². The number of aromatic nitrogens is 4. The summed E-state index contributed by atoms with van der Waals surface area (Å²) in [5.41, 5.74) is 3.19. The first-order chi connectivity index (χ1) is 9.83. The van der Waals surface area contributed by atoms with Gasteiger partial charge in [0.05, 0.1) is 18.1 Å². The smallest absolute Gasteiger partial charge is 0.114 e. The molecule has 4 rings (SSSR count). The Kier molecular flexibility index (Phi) is 2.72. The van der Waals surface area contributed by atoms with Crippen molar-refractivity contribution in [1.29, 1.82) is 0 Å². The van der Waals surface area contributed by atoms with Crippen molar-refractivity contribution in [3.05, 3.63) is 24.7 Å². The summed E-state index contributed by atoms with van der Waals surface area (Å²) in [6, 6.07) is 2.20. The largest absolute Gasteiger partial charge is 0.370 e. The van der Waals surface area contributed by atoms with Crippen molar-refractivity contribution in [2.45, 2.75) is 26.3 Å². The highest BCUT2D eigenvalue weighted by molar-refractivity contribution is 5.63. The van der Waals surface area contributed by atoms with Crippen LogP contribution in [0.25, 0.3) is 11.3 Å². The number of nitrogens with zero attached hydrogens (tertiary/aromatic N) is 5. The summed E-state index contributed by atoms with van der Waals surface area (Å²) in [5.74, 6) is 1.83. The van der Waals surface area contributed by atoms with Gasteiger partial charge in [0.1, 0.15) is 5.69 Å². The summed E-state index contributed by atoms with van der Waals surface area (Å²) in [6.07, 6.45) is 8.63. The highest BCUT2D eigenvalue weighted by atomic mass is 15.4. The lowest BCUT2D eigenvalue weighted by molar-refractivity contribution is 0.243. The van der Waals surface area contributed by atoms with Crippen LogP contribution < -0.4 is 4.90 Å². The molecule has 1 saturated carbocycles. The molecule has 1 saturated heterocycles. The van der Waals surface area contributed by atoms with Crippen LogP contribution in [0.1, 0.15) is 19.8 Å². The zero-order valence-electron chi connectivity index (χ0n) is 11.7. The minimum absolute atomic E-state index is 0.843. The van der Waals surface area contributed by atoms with E-state index in [0.29, 0.717) is 0 Å². The number of hydrogen-bond donors (Lipinski definition) is 0. The monoisotopic (exact) mass is 269 g/mol. The first-order valence-corrected chi connectivity index (χ1v) is 7.44. The number of anilines is 1. The van der Waals surface area contributed by atoms with Gasteiger partial charge in [-0.3, -0.25) is 9.67 Å². The van der Waals surface area contributed by atoms with Crippen LogP contribution >= 0.6 is 0 Å². The third kappa shape index (κ3) is 1.88. The standard InChI is InChI=1S/C15H19N5/c1-2-20-10-15(17-18-20)13-5-14(7-16-6-13)19-8-11-3-4-12(11)9-19/h5-7,10-12H,2-4,8-9H2,1H3. The number of pyridine rings is 1. The molecule has 2 unspecified atom stereocenters. The molecule has 2 aromatic heterocycles. The van der Waals surface area contributed by atoms with Crippen molar-refractivity contribution in [3.8, 4) is 11.3 Å². The second-order valence-electron chi connectivity index (χ2n) is 5.89. The molecule has 0 spiro atoms. The van der Waals surface area contributed by atoms with E-state index in [-0.39, 0.29) is 0 Å². The molecule has 5 heteroatoms. The molecule has 0 aromatic carbocycles. The van der Waals surface area contributed by atoms with Gasteiger partial charge in [-0.2, -0.15) is 0 Å². The van der Waals surface area contributed by atoms with E-state index in [1.807, 2.05) is 23.3 Å². The van der Waals surface area contributed by atoms with Gasteiger partial charge in [0, 0.05) is 31.4 Å². The van der Waals surface area contributed by atoms with Crippen LogP contribution in [-0.2, 0) is 6.54 Å². The molecule has 1 aliphatic heterocycles. The van der Waals surface area contributed by atoms with Crippen LogP contribution in [0.4, 0.5) is 5.69 Å². The average Bonchev–Trinajstić information content (AvgIpc) is 3.05. The molecule has 0 radical (unpaired) electrons. The van der Waals surface area contributed by atoms with Crippen LogP contribution in [0.15, 0.2) is 24.7 Å². The van der Waals surface area contributed by atoms with E-state index in [0.717, 1.165) is 29.6 Å². The SMILES string of the molecule is CCn1cc(-c2cncc(N3CC4CCC4C3)c2)nn1. The second kappa shape index (κ2) is 4.58. The van der Waals surface area contributed by atoms with Gasteiger partial charge in [0.15, 0.2) is 0 Å². The Morgan fingerprint density at radius 1 is 1.20 bits per heavy atom. The third-order valence-electron chi connectivity index (χ3n) is 4.73. The van der Waals surface area contributed by atoms with E-state index in [2.05, 4.69) is 33.2 Å². The Balaban J connectivity index is 1.61. The molecule has 1 aliphatic carbocycles. The van der Waals surface area contributed by atoms with Gasteiger partial charge in [-0.25, -0.2) is 0 Å². The van der Waals surface area contributed by atoms with Crippen LogP contribution in [0.3, 0.4) is 0 Å². The van der Waals surface area contributed by atoms with Gasteiger partial charge in [0.2, 0.25) is 0 Å². The van der Waals surface area contributed by atoms with Crippen molar-refractivity contribution < 1.29 is 0 Å². The summed E-state index contributed by atoms with van der Waals surface area (Å²) in [4.78, 5) is 6.87. The maximum Gasteiger partial charge on any atom is 0.114 e. The zero-order valence-corrected chi connectivity index (χ0v) is 11.7. The fraction of sp³-hybridized carbons (Fsp3) is 0.533. The van der Waals surface area contributed by atoms with E-state index in [9.17, 15) is 0 Å². The third-order valence-corrected chi connectivity index (χ3v) is 4.73. The van der Waals surface area contributed by atoms with Gasteiger partial charge >= 0.3 is 0 Å². The molecule has 5 nitrogen and oxygen atoms in total. The maximum atomic E-state index is 4.39. The van der Waals surface area contributed by atoms with Crippen LogP contribution in [0.2, 0.25) is 0 Å². The summed E-state index contributed by atoms with van der Waals surface area (Å²) < 4.78 is 1.85. The normalized spacial score (nSPS) is 24.6. The average molecular weight is 269 g/mol. The molecular weight excluding hydrogens is 250 g/mol. The Hall–Kier alpha value is -1.91. The number of aryl methyl sites for hydroxylation is 1. The maximum absolute atomic E-state index is 4.39. The first-order valence-electron chi connectivity index (χ1n) is 7.44. The van der Waals surface area contributed by atoms with Crippen molar-refractivity contribution in [2.75, 3.05) is 18.0 Å². The van der Waals surface area contributed by atoms with Crippen molar-refractivity contribution in [3.63, 3.8) is 0 Å².